The summed E-state index contributed by atoms with van der Waals surface area (Å²) in [5, 5.41) is 8.90. The standard InChI is InChI=1S/C15H18BrNO4/c16-12-3-1-2-11(8-12)4-5-14(18)17-6-7-21-10-13(17)9-15(19)20/h1-3,8,13H,4-7,9-10H2,(H,19,20). The highest BCUT2D eigenvalue weighted by Crippen LogP contribution is 2.16. The van der Waals surface area contributed by atoms with Crippen LogP contribution in [-0.2, 0) is 20.7 Å². The smallest absolute Gasteiger partial charge is 0.305 e. The number of amides is 1. The van der Waals surface area contributed by atoms with Crippen molar-refractivity contribution in [2.75, 3.05) is 19.8 Å². The fourth-order valence-electron chi connectivity index (χ4n) is 2.44. The average Bonchev–Trinajstić information content (AvgIpc) is 2.45. The van der Waals surface area contributed by atoms with Crippen LogP contribution in [0.4, 0.5) is 0 Å². The lowest BCUT2D eigenvalue weighted by Crippen LogP contribution is -2.49. The number of morpholine rings is 1. The van der Waals surface area contributed by atoms with Gasteiger partial charge in [0.25, 0.3) is 0 Å². The van der Waals surface area contributed by atoms with Crippen LogP contribution in [0.5, 0.6) is 0 Å². The largest absolute Gasteiger partial charge is 0.481 e. The van der Waals surface area contributed by atoms with Crippen LogP contribution >= 0.6 is 15.9 Å². The van der Waals surface area contributed by atoms with Crippen molar-refractivity contribution in [2.24, 2.45) is 0 Å². The van der Waals surface area contributed by atoms with Gasteiger partial charge >= 0.3 is 5.97 Å². The fourth-order valence-corrected chi connectivity index (χ4v) is 2.89. The molecule has 0 saturated carbocycles. The Labute approximate surface area is 132 Å². The molecule has 2 rings (SSSR count). The minimum absolute atomic E-state index is 0.00970. The Morgan fingerprint density at radius 1 is 1.43 bits per heavy atom. The first kappa shape index (κ1) is 16.0. The number of benzene rings is 1. The molecular weight excluding hydrogens is 338 g/mol. The van der Waals surface area contributed by atoms with E-state index in [2.05, 4.69) is 15.9 Å². The number of nitrogens with zero attached hydrogens (tertiary/aromatic N) is 1. The molecular formula is C15H18BrNO4. The maximum atomic E-state index is 12.3. The van der Waals surface area contributed by atoms with E-state index in [-0.39, 0.29) is 18.4 Å². The van der Waals surface area contributed by atoms with Gasteiger partial charge in [-0.25, -0.2) is 0 Å². The predicted molar refractivity (Wildman–Crippen MR) is 81.0 cm³/mol. The SMILES string of the molecule is O=C(O)CC1COCCN1C(=O)CCc1cccc(Br)c1. The van der Waals surface area contributed by atoms with E-state index in [1.54, 1.807) is 4.90 Å². The van der Waals surface area contributed by atoms with Crippen molar-refractivity contribution < 1.29 is 19.4 Å². The molecule has 1 atom stereocenters. The van der Waals surface area contributed by atoms with Gasteiger partial charge in [-0.1, -0.05) is 28.1 Å². The first-order valence-corrected chi connectivity index (χ1v) is 7.69. The van der Waals surface area contributed by atoms with Crippen molar-refractivity contribution in [1.29, 1.82) is 0 Å². The molecule has 0 bridgehead atoms. The summed E-state index contributed by atoms with van der Waals surface area (Å²) in [6.07, 6.45) is 0.963. The third kappa shape index (κ3) is 4.82. The summed E-state index contributed by atoms with van der Waals surface area (Å²) in [6, 6.07) is 7.49. The lowest BCUT2D eigenvalue weighted by molar-refractivity contribution is -0.146. The normalized spacial score (nSPS) is 18.5. The molecule has 1 aliphatic heterocycles. The van der Waals surface area contributed by atoms with Crippen molar-refractivity contribution in [3.05, 3.63) is 34.3 Å². The Balaban J connectivity index is 1.92. The molecule has 0 radical (unpaired) electrons. The highest BCUT2D eigenvalue weighted by molar-refractivity contribution is 9.10. The van der Waals surface area contributed by atoms with Gasteiger partial charge in [0.05, 0.1) is 25.7 Å². The van der Waals surface area contributed by atoms with E-state index in [9.17, 15) is 9.59 Å². The summed E-state index contributed by atoms with van der Waals surface area (Å²) in [7, 11) is 0. The highest BCUT2D eigenvalue weighted by Gasteiger charge is 2.28. The number of halogens is 1. The highest BCUT2D eigenvalue weighted by atomic mass is 79.9. The number of aryl methyl sites for hydroxylation is 1. The number of carboxylic acid groups (broad SMARTS) is 1. The number of ether oxygens (including phenoxy) is 1. The zero-order chi connectivity index (χ0) is 15.2. The first-order valence-electron chi connectivity index (χ1n) is 6.89. The summed E-state index contributed by atoms with van der Waals surface area (Å²) < 4.78 is 6.27. The average molecular weight is 356 g/mol. The van der Waals surface area contributed by atoms with Gasteiger partial charge in [0.2, 0.25) is 5.91 Å². The molecule has 1 unspecified atom stereocenters. The van der Waals surface area contributed by atoms with Gasteiger partial charge in [-0.05, 0) is 24.1 Å². The quantitative estimate of drug-likeness (QED) is 0.877. The summed E-state index contributed by atoms with van der Waals surface area (Å²) in [5.41, 5.74) is 1.08. The molecule has 1 fully saturated rings. The number of hydrogen-bond donors (Lipinski definition) is 1. The first-order chi connectivity index (χ1) is 10.1. The number of carbonyl (C=O) groups is 2. The molecule has 6 heteroatoms. The van der Waals surface area contributed by atoms with E-state index < -0.39 is 5.97 Å². The van der Waals surface area contributed by atoms with Crippen LogP contribution < -0.4 is 0 Å². The van der Waals surface area contributed by atoms with Crippen LogP contribution in [0.2, 0.25) is 0 Å². The van der Waals surface area contributed by atoms with Crippen LogP contribution in [0.15, 0.2) is 28.7 Å². The van der Waals surface area contributed by atoms with Crippen molar-refractivity contribution in [2.45, 2.75) is 25.3 Å². The van der Waals surface area contributed by atoms with Crippen molar-refractivity contribution in [1.82, 2.24) is 4.90 Å². The van der Waals surface area contributed by atoms with Crippen molar-refractivity contribution in [3.8, 4) is 0 Å². The minimum Gasteiger partial charge on any atom is -0.481 e. The zero-order valence-corrected chi connectivity index (χ0v) is 13.2. The van der Waals surface area contributed by atoms with Gasteiger partial charge in [0, 0.05) is 17.4 Å². The fraction of sp³-hybridized carbons (Fsp3) is 0.467. The van der Waals surface area contributed by atoms with Crippen molar-refractivity contribution in [3.63, 3.8) is 0 Å². The summed E-state index contributed by atoms with van der Waals surface area (Å²) in [6.45, 7) is 1.24. The lowest BCUT2D eigenvalue weighted by atomic mass is 10.1. The van der Waals surface area contributed by atoms with E-state index in [1.807, 2.05) is 24.3 Å². The predicted octanol–water partition coefficient (Wildman–Crippen LogP) is 2.08. The summed E-state index contributed by atoms with van der Waals surface area (Å²) in [4.78, 5) is 24.8. The third-order valence-electron chi connectivity index (χ3n) is 3.47. The molecule has 1 saturated heterocycles. The molecule has 1 amide bonds. The Hall–Kier alpha value is -1.40. The molecule has 1 aromatic rings. The summed E-state index contributed by atoms with van der Waals surface area (Å²) in [5.74, 6) is -0.917. The Kier molecular flexibility index (Phi) is 5.76. The van der Waals surface area contributed by atoms with E-state index in [0.29, 0.717) is 32.6 Å². The Morgan fingerprint density at radius 2 is 2.24 bits per heavy atom. The Bertz CT molecular complexity index is 520. The molecule has 1 aliphatic rings. The molecule has 0 spiro atoms. The van der Waals surface area contributed by atoms with E-state index in [4.69, 9.17) is 9.84 Å². The maximum Gasteiger partial charge on any atom is 0.305 e. The van der Waals surface area contributed by atoms with Gasteiger partial charge in [-0.15, -0.1) is 0 Å². The number of aliphatic carboxylic acids is 1. The van der Waals surface area contributed by atoms with Gasteiger partial charge in [-0.2, -0.15) is 0 Å². The van der Waals surface area contributed by atoms with Crippen LogP contribution in [-0.4, -0.2) is 47.7 Å². The lowest BCUT2D eigenvalue weighted by Gasteiger charge is -2.35. The summed E-state index contributed by atoms with van der Waals surface area (Å²) >= 11 is 3.41. The Morgan fingerprint density at radius 3 is 2.95 bits per heavy atom. The second-order valence-electron chi connectivity index (χ2n) is 5.04. The van der Waals surface area contributed by atoms with Crippen LogP contribution in [0.25, 0.3) is 0 Å². The molecule has 0 aliphatic carbocycles. The van der Waals surface area contributed by atoms with Gasteiger partial charge in [0.1, 0.15) is 0 Å². The maximum absolute atomic E-state index is 12.3. The number of rotatable bonds is 5. The van der Waals surface area contributed by atoms with Gasteiger partial charge in [-0.3, -0.25) is 9.59 Å². The third-order valence-corrected chi connectivity index (χ3v) is 3.97. The van der Waals surface area contributed by atoms with Crippen LogP contribution in [0.3, 0.4) is 0 Å². The molecule has 1 aromatic carbocycles. The van der Waals surface area contributed by atoms with Gasteiger partial charge in [0.15, 0.2) is 0 Å². The minimum atomic E-state index is -0.907. The van der Waals surface area contributed by atoms with Crippen LogP contribution in [0.1, 0.15) is 18.4 Å². The molecule has 0 aromatic heterocycles. The van der Waals surface area contributed by atoms with Crippen molar-refractivity contribution >= 4 is 27.8 Å². The zero-order valence-electron chi connectivity index (χ0n) is 11.6. The second-order valence-corrected chi connectivity index (χ2v) is 5.96. The number of carboxylic acids is 1. The molecule has 21 heavy (non-hydrogen) atoms. The molecule has 114 valence electrons. The molecule has 1 N–H and O–H groups in total. The van der Waals surface area contributed by atoms with E-state index in [1.165, 1.54) is 0 Å². The second kappa shape index (κ2) is 7.56. The van der Waals surface area contributed by atoms with E-state index in [0.717, 1.165) is 10.0 Å². The topological polar surface area (TPSA) is 66.8 Å². The van der Waals surface area contributed by atoms with Crippen LogP contribution in [0, 0.1) is 0 Å². The van der Waals surface area contributed by atoms with Gasteiger partial charge < -0.3 is 14.7 Å². The monoisotopic (exact) mass is 355 g/mol. The number of hydrogen-bond acceptors (Lipinski definition) is 3. The number of carbonyl (C=O) groups excluding carboxylic acids is 1. The van der Waals surface area contributed by atoms with E-state index >= 15 is 0 Å². The molecule has 5 nitrogen and oxygen atoms in total. The molecule has 1 heterocycles.